The molecule has 1 aromatic rings. The highest BCUT2D eigenvalue weighted by atomic mass is 16.5. The Labute approximate surface area is 81.8 Å². The maximum Gasteiger partial charge on any atom is 0.307 e. The smallest absolute Gasteiger partial charge is 0.307 e. The Bertz CT molecular complexity index is 333. The van der Waals surface area contributed by atoms with Gasteiger partial charge in [0.15, 0.2) is 0 Å². The number of aliphatic carboxylic acids is 1. The summed E-state index contributed by atoms with van der Waals surface area (Å²) in [5.74, 6) is -0.952. The molecular formula is C10H12O4. The third-order valence-electron chi connectivity index (χ3n) is 1.84. The number of methoxy groups -OCH3 is 1. The van der Waals surface area contributed by atoms with Crippen LogP contribution in [0.1, 0.15) is 11.1 Å². The van der Waals surface area contributed by atoms with Gasteiger partial charge in [0.1, 0.15) is 5.75 Å². The number of hydrogen-bond acceptors (Lipinski definition) is 3. The molecule has 0 saturated carbocycles. The van der Waals surface area contributed by atoms with Crippen LogP contribution in [0.5, 0.6) is 5.75 Å². The lowest BCUT2D eigenvalue weighted by atomic mass is 10.1. The summed E-state index contributed by atoms with van der Waals surface area (Å²) in [6.45, 7) is 0.277. The molecule has 1 aromatic carbocycles. The number of phenols is 1. The average Bonchev–Trinajstić information content (AvgIpc) is 2.11. The van der Waals surface area contributed by atoms with Crippen molar-refractivity contribution in [1.29, 1.82) is 0 Å². The molecule has 1 rings (SSSR count). The van der Waals surface area contributed by atoms with Gasteiger partial charge in [0, 0.05) is 18.2 Å². The van der Waals surface area contributed by atoms with Crippen LogP contribution >= 0.6 is 0 Å². The second-order valence-corrected chi connectivity index (χ2v) is 2.93. The minimum atomic E-state index is -0.963. The van der Waals surface area contributed by atoms with Crippen molar-refractivity contribution in [3.8, 4) is 5.75 Å². The SMILES string of the molecule is COCc1cccc(CC(=O)O)c1O. The number of carboxylic acids is 1. The summed E-state index contributed by atoms with van der Waals surface area (Å²) in [4.78, 5) is 10.4. The summed E-state index contributed by atoms with van der Waals surface area (Å²) in [6, 6.07) is 4.99. The minimum absolute atomic E-state index is 0.0109. The molecule has 4 heteroatoms. The first kappa shape index (κ1) is 10.5. The Morgan fingerprint density at radius 2 is 2.07 bits per heavy atom. The topological polar surface area (TPSA) is 66.8 Å². The highest BCUT2D eigenvalue weighted by Gasteiger charge is 2.09. The molecule has 4 nitrogen and oxygen atoms in total. The molecule has 0 amide bonds. The van der Waals surface area contributed by atoms with E-state index in [9.17, 15) is 9.90 Å². The molecule has 2 N–H and O–H groups in total. The largest absolute Gasteiger partial charge is 0.507 e. The lowest BCUT2D eigenvalue weighted by Gasteiger charge is -2.07. The van der Waals surface area contributed by atoms with E-state index in [0.717, 1.165) is 0 Å². The van der Waals surface area contributed by atoms with Gasteiger partial charge >= 0.3 is 5.97 Å². The van der Waals surface area contributed by atoms with Crippen LogP contribution in [-0.4, -0.2) is 23.3 Å². The molecule has 0 aliphatic rings. The van der Waals surface area contributed by atoms with Crippen LogP contribution in [0.25, 0.3) is 0 Å². The lowest BCUT2D eigenvalue weighted by Crippen LogP contribution is -2.01. The van der Waals surface area contributed by atoms with Crippen molar-refractivity contribution in [2.24, 2.45) is 0 Å². The van der Waals surface area contributed by atoms with Crippen LogP contribution < -0.4 is 0 Å². The van der Waals surface area contributed by atoms with Crippen molar-refractivity contribution >= 4 is 5.97 Å². The van der Waals surface area contributed by atoms with E-state index in [4.69, 9.17) is 9.84 Å². The van der Waals surface area contributed by atoms with E-state index in [0.29, 0.717) is 11.1 Å². The number of hydrogen-bond donors (Lipinski definition) is 2. The molecule has 0 bridgehead atoms. The van der Waals surface area contributed by atoms with Gasteiger partial charge in [0.25, 0.3) is 0 Å². The fourth-order valence-corrected chi connectivity index (χ4v) is 1.22. The number of ether oxygens (including phenoxy) is 1. The molecule has 14 heavy (non-hydrogen) atoms. The van der Waals surface area contributed by atoms with Crippen LogP contribution in [0.3, 0.4) is 0 Å². The van der Waals surface area contributed by atoms with Crippen molar-refractivity contribution in [2.75, 3.05) is 7.11 Å². The number of carbonyl (C=O) groups is 1. The molecule has 0 unspecified atom stereocenters. The molecule has 0 fully saturated rings. The van der Waals surface area contributed by atoms with Gasteiger partial charge in [0.2, 0.25) is 0 Å². The van der Waals surface area contributed by atoms with Gasteiger partial charge in [-0.3, -0.25) is 4.79 Å². The van der Waals surface area contributed by atoms with Crippen LogP contribution in [0.15, 0.2) is 18.2 Å². The summed E-state index contributed by atoms with van der Waals surface area (Å²) >= 11 is 0. The Kier molecular flexibility index (Phi) is 3.48. The van der Waals surface area contributed by atoms with E-state index in [-0.39, 0.29) is 18.8 Å². The zero-order chi connectivity index (χ0) is 10.6. The van der Waals surface area contributed by atoms with Crippen LogP contribution in [-0.2, 0) is 22.6 Å². The fraction of sp³-hybridized carbons (Fsp3) is 0.300. The third kappa shape index (κ3) is 2.47. The number of rotatable bonds is 4. The van der Waals surface area contributed by atoms with Gasteiger partial charge in [-0.1, -0.05) is 18.2 Å². The predicted octanol–water partition coefficient (Wildman–Crippen LogP) is 1.17. The van der Waals surface area contributed by atoms with E-state index in [1.54, 1.807) is 18.2 Å². The van der Waals surface area contributed by atoms with Gasteiger partial charge in [0.05, 0.1) is 13.0 Å². The Hall–Kier alpha value is -1.55. The van der Waals surface area contributed by atoms with Crippen molar-refractivity contribution in [3.63, 3.8) is 0 Å². The maximum atomic E-state index is 10.4. The zero-order valence-electron chi connectivity index (χ0n) is 7.86. The first-order chi connectivity index (χ1) is 6.65. The number of para-hydroxylation sites is 1. The molecule has 0 saturated heterocycles. The Morgan fingerprint density at radius 3 is 2.64 bits per heavy atom. The number of phenolic OH excluding ortho intramolecular Hbond substituents is 1. The molecule has 0 heterocycles. The van der Waals surface area contributed by atoms with Gasteiger partial charge in [-0.05, 0) is 0 Å². The molecular weight excluding hydrogens is 184 g/mol. The Balaban J connectivity index is 2.94. The van der Waals surface area contributed by atoms with E-state index in [2.05, 4.69) is 0 Å². The highest BCUT2D eigenvalue weighted by Crippen LogP contribution is 2.23. The second kappa shape index (κ2) is 4.62. The summed E-state index contributed by atoms with van der Waals surface area (Å²) in [6.07, 6.45) is -0.177. The standard InChI is InChI=1S/C10H12O4/c1-14-6-8-4-2-3-7(10(8)13)5-9(11)12/h2-4,13H,5-6H2,1H3,(H,11,12). The molecule has 0 aromatic heterocycles. The molecule has 0 aliphatic heterocycles. The monoisotopic (exact) mass is 196 g/mol. The third-order valence-corrected chi connectivity index (χ3v) is 1.84. The molecule has 0 atom stereocenters. The van der Waals surface area contributed by atoms with Gasteiger partial charge in [-0.25, -0.2) is 0 Å². The lowest BCUT2D eigenvalue weighted by molar-refractivity contribution is -0.136. The van der Waals surface area contributed by atoms with Gasteiger partial charge < -0.3 is 14.9 Å². The first-order valence-electron chi connectivity index (χ1n) is 4.15. The van der Waals surface area contributed by atoms with Crippen molar-refractivity contribution in [3.05, 3.63) is 29.3 Å². The van der Waals surface area contributed by atoms with E-state index >= 15 is 0 Å². The van der Waals surface area contributed by atoms with E-state index in [1.807, 2.05) is 0 Å². The zero-order valence-corrected chi connectivity index (χ0v) is 7.86. The fourth-order valence-electron chi connectivity index (χ4n) is 1.22. The predicted molar refractivity (Wildman–Crippen MR) is 50.2 cm³/mol. The van der Waals surface area contributed by atoms with Crippen molar-refractivity contribution < 1.29 is 19.7 Å². The highest BCUT2D eigenvalue weighted by molar-refractivity contribution is 5.71. The normalized spacial score (nSPS) is 10.1. The Morgan fingerprint density at radius 1 is 1.43 bits per heavy atom. The quantitative estimate of drug-likeness (QED) is 0.758. The van der Waals surface area contributed by atoms with Gasteiger partial charge in [-0.2, -0.15) is 0 Å². The van der Waals surface area contributed by atoms with E-state index < -0.39 is 5.97 Å². The number of benzene rings is 1. The van der Waals surface area contributed by atoms with Crippen molar-refractivity contribution in [1.82, 2.24) is 0 Å². The van der Waals surface area contributed by atoms with E-state index in [1.165, 1.54) is 7.11 Å². The first-order valence-corrected chi connectivity index (χ1v) is 4.15. The summed E-state index contributed by atoms with van der Waals surface area (Å²) in [5.41, 5.74) is 1.01. The van der Waals surface area contributed by atoms with Crippen LogP contribution in [0, 0.1) is 0 Å². The number of aromatic hydroxyl groups is 1. The minimum Gasteiger partial charge on any atom is -0.507 e. The van der Waals surface area contributed by atoms with Crippen molar-refractivity contribution in [2.45, 2.75) is 13.0 Å². The number of carboxylic acid groups (broad SMARTS) is 1. The average molecular weight is 196 g/mol. The summed E-state index contributed by atoms with van der Waals surface area (Å²) in [7, 11) is 1.52. The van der Waals surface area contributed by atoms with Crippen LogP contribution in [0.4, 0.5) is 0 Å². The molecule has 76 valence electrons. The summed E-state index contributed by atoms with van der Waals surface area (Å²) in [5, 5.41) is 18.2. The molecule has 0 radical (unpaired) electrons. The summed E-state index contributed by atoms with van der Waals surface area (Å²) < 4.78 is 4.86. The maximum absolute atomic E-state index is 10.4. The molecule has 0 spiro atoms. The van der Waals surface area contributed by atoms with Crippen LogP contribution in [0.2, 0.25) is 0 Å². The van der Waals surface area contributed by atoms with Gasteiger partial charge in [-0.15, -0.1) is 0 Å². The molecule has 0 aliphatic carbocycles. The second-order valence-electron chi connectivity index (χ2n) is 2.93.